The summed E-state index contributed by atoms with van der Waals surface area (Å²) in [6.07, 6.45) is 2.09. The first-order valence-electron chi connectivity index (χ1n) is 1.78. The molecule has 0 radical (unpaired) electrons. The predicted octanol–water partition coefficient (Wildman–Crippen LogP) is 1.05. The molecule has 0 bridgehead atoms. The van der Waals surface area contributed by atoms with Crippen LogP contribution in [0.25, 0.3) is 0 Å². The molecule has 0 saturated heterocycles. The Kier molecular flexibility index (Phi) is 4.81. The van der Waals surface area contributed by atoms with Crippen molar-refractivity contribution in [1.29, 1.82) is 0 Å². The zero-order valence-electron chi connectivity index (χ0n) is 3.94. The Morgan fingerprint density at radius 1 is 1.83 bits per heavy atom. The van der Waals surface area contributed by atoms with Crippen LogP contribution in [0, 0.1) is 0 Å². The fraction of sp³-hybridized carbons (Fsp3) is 1.00. The molecule has 0 saturated carbocycles. The molecule has 0 aliphatic rings. The molecule has 0 aliphatic carbocycles. The first kappa shape index (κ1) is 6.97. The summed E-state index contributed by atoms with van der Waals surface area (Å²) >= 11 is 3.50. The molecule has 0 aromatic heterocycles. The van der Waals surface area contributed by atoms with Gasteiger partial charge in [0.15, 0.2) is 0 Å². The van der Waals surface area contributed by atoms with E-state index in [1.165, 1.54) is 0 Å². The van der Waals surface area contributed by atoms with Gasteiger partial charge in [0, 0.05) is 0 Å². The van der Waals surface area contributed by atoms with Crippen molar-refractivity contribution >= 4 is 11.9 Å². The second-order valence-corrected chi connectivity index (χ2v) is 3.92. The first-order valence-corrected chi connectivity index (χ1v) is 4.18. The molecule has 0 N–H and O–H groups in total. The van der Waals surface area contributed by atoms with Gasteiger partial charge in [-0.1, -0.05) is 0 Å². The Morgan fingerprint density at radius 2 is 2.33 bits per heavy atom. The number of hydrogen-bond donors (Lipinski definition) is 0. The Morgan fingerprint density at radius 3 is 2.33 bits per heavy atom. The van der Waals surface area contributed by atoms with Crippen molar-refractivity contribution in [1.82, 2.24) is 2.94 Å². The third-order valence-electron chi connectivity index (χ3n) is 0.447. The van der Waals surface area contributed by atoms with Gasteiger partial charge in [0.1, 0.15) is 0 Å². The SMILES string of the molecule is CC[N]([Re])SC. The summed E-state index contributed by atoms with van der Waals surface area (Å²) in [4.78, 5) is 0. The molecule has 0 aromatic carbocycles. The summed E-state index contributed by atoms with van der Waals surface area (Å²) in [5.41, 5.74) is 0. The van der Waals surface area contributed by atoms with E-state index < -0.39 is 0 Å². The molecule has 0 heterocycles. The van der Waals surface area contributed by atoms with Crippen LogP contribution in [-0.4, -0.2) is 15.7 Å². The van der Waals surface area contributed by atoms with Crippen LogP contribution >= 0.6 is 11.9 Å². The summed E-state index contributed by atoms with van der Waals surface area (Å²) in [6, 6.07) is 0. The van der Waals surface area contributed by atoms with Crippen molar-refractivity contribution in [2.24, 2.45) is 0 Å². The molecule has 0 unspecified atom stereocenters. The molecule has 0 amide bonds. The number of rotatable bonds is 2. The summed E-state index contributed by atoms with van der Waals surface area (Å²) in [5, 5.41) is 0. The van der Waals surface area contributed by atoms with Gasteiger partial charge in [-0.05, 0) is 0 Å². The van der Waals surface area contributed by atoms with E-state index in [1.54, 1.807) is 31.4 Å². The molecule has 0 aliphatic heterocycles. The van der Waals surface area contributed by atoms with E-state index in [-0.39, 0.29) is 0 Å². The van der Waals surface area contributed by atoms with Crippen molar-refractivity contribution < 1.29 is 19.4 Å². The maximum absolute atomic E-state index is 2.22. The molecule has 3 heteroatoms. The summed E-state index contributed by atoms with van der Waals surface area (Å²) in [5.74, 6) is 0. The third kappa shape index (κ3) is 3.17. The van der Waals surface area contributed by atoms with Crippen LogP contribution in [0.2, 0.25) is 0 Å². The molecule has 0 atom stereocenters. The first-order chi connectivity index (χ1) is 2.81. The summed E-state index contributed by atoms with van der Waals surface area (Å²) < 4.78 is 2.22. The van der Waals surface area contributed by atoms with Crippen molar-refractivity contribution in [2.45, 2.75) is 6.92 Å². The normalized spacial score (nSPS) is 10.0. The van der Waals surface area contributed by atoms with E-state index in [1.807, 2.05) is 0 Å². The predicted molar refractivity (Wildman–Crippen MR) is 25.9 cm³/mol. The van der Waals surface area contributed by atoms with E-state index in [0.717, 1.165) is 6.54 Å². The van der Waals surface area contributed by atoms with Gasteiger partial charge < -0.3 is 0 Å². The zero-order valence-corrected chi connectivity index (χ0v) is 7.47. The molecule has 38 valence electrons. The average Bonchev–Trinajstić information content (AvgIpc) is 1.65. The van der Waals surface area contributed by atoms with Gasteiger partial charge >= 0.3 is 54.1 Å². The van der Waals surface area contributed by atoms with E-state index in [2.05, 4.69) is 16.1 Å². The van der Waals surface area contributed by atoms with Crippen molar-refractivity contribution in [3.8, 4) is 0 Å². The number of hydrogen-bond acceptors (Lipinski definition) is 2. The zero-order chi connectivity index (χ0) is 4.99. The Bertz CT molecular complexity index is 30.0. The van der Waals surface area contributed by atoms with Crippen LogP contribution in [0.4, 0.5) is 0 Å². The Hall–Kier alpha value is 0.972. The average molecular weight is 276 g/mol. The van der Waals surface area contributed by atoms with Crippen LogP contribution in [-0.2, 0) is 19.4 Å². The maximum atomic E-state index is 2.22. The van der Waals surface area contributed by atoms with Gasteiger partial charge in [0.05, 0.1) is 0 Å². The quantitative estimate of drug-likeness (QED) is 0.694. The van der Waals surface area contributed by atoms with Crippen molar-refractivity contribution in [2.75, 3.05) is 12.8 Å². The van der Waals surface area contributed by atoms with Crippen LogP contribution < -0.4 is 0 Å². The van der Waals surface area contributed by atoms with E-state index in [0.29, 0.717) is 0 Å². The molecular formula is C3H8NReS. The van der Waals surface area contributed by atoms with Crippen molar-refractivity contribution in [3.05, 3.63) is 0 Å². The second-order valence-electron chi connectivity index (χ2n) is 0.816. The van der Waals surface area contributed by atoms with Crippen LogP contribution in [0.15, 0.2) is 0 Å². The fourth-order valence-corrected chi connectivity index (χ4v) is 0.387. The summed E-state index contributed by atoms with van der Waals surface area (Å²) in [7, 11) is 0. The number of nitrogens with zero attached hydrogens (tertiary/aromatic N) is 1. The van der Waals surface area contributed by atoms with E-state index in [4.69, 9.17) is 0 Å². The van der Waals surface area contributed by atoms with Gasteiger partial charge in [-0.15, -0.1) is 0 Å². The van der Waals surface area contributed by atoms with Crippen LogP contribution in [0.1, 0.15) is 6.92 Å². The Balaban J connectivity index is 2.75. The molecule has 0 rings (SSSR count). The third-order valence-corrected chi connectivity index (χ3v) is 3.45. The monoisotopic (exact) mass is 277 g/mol. The fourth-order valence-electron chi connectivity index (χ4n) is 0.129. The van der Waals surface area contributed by atoms with Crippen LogP contribution in [0.3, 0.4) is 0 Å². The summed E-state index contributed by atoms with van der Waals surface area (Å²) in [6.45, 7) is 3.30. The van der Waals surface area contributed by atoms with Crippen molar-refractivity contribution in [3.63, 3.8) is 0 Å². The molecule has 6 heavy (non-hydrogen) atoms. The van der Waals surface area contributed by atoms with Crippen LogP contribution in [0.5, 0.6) is 0 Å². The minimum atomic E-state index is 1.15. The topological polar surface area (TPSA) is 3.24 Å². The van der Waals surface area contributed by atoms with Gasteiger partial charge in [-0.25, -0.2) is 0 Å². The van der Waals surface area contributed by atoms with Gasteiger partial charge in [-0.3, -0.25) is 0 Å². The molecule has 0 spiro atoms. The molecule has 1 nitrogen and oxygen atoms in total. The van der Waals surface area contributed by atoms with E-state index >= 15 is 0 Å². The second kappa shape index (κ2) is 4.14. The molecule has 0 aromatic rings. The minimum absolute atomic E-state index is 1.15. The molecule has 0 fully saturated rings. The Labute approximate surface area is 54.3 Å². The van der Waals surface area contributed by atoms with Gasteiger partial charge in [-0.2, -0.15) is 0 Å². The van der Waals surface area contributed by atoms with Gasteiger partial charge in [0.25, 0.3) is 0 Å². The van der Waals surface area contributed by atoms with E-state index in [9.17, 15) is 0 Å². The van der Waals surface area contributed by atoms with Gasteiger partial charge in [0.2, 0.25) is 0 Å². The molecular weight excluding hydrogens is 268 g/mol. The standard InChI is InChI=1S/C3H8NS.Re/c1-3-4-5-2;/h3H2,1-2H3;/q-1;+1.